The number of amides is 1. The third kappa shape index (κ3) is 1.75. The highest BCUT2D eigenvalue weighted by Gasteiger charge is 2.47. The largest absolute Gasteiger partial charge is 0.392 e. The van der Waals surface area contributed by atoms with Crippen molar-refractivity contribution in [2.45, 2.75) is 38.5 Å². The molecule has 6 heteroatoms. The molecule has 1 saturated carbocycles. The van der Waals surface area contributed by atoms with Crippen LogP contribution in [0.5, 0.6) is 0 Å². The van der Waals surface area contributed by atoms with Crippen LogP contribution >= 0.6 is 23.6 Å². The molecule has 3 rings (SSSR count). The van der Waals surface area contributed by atoms with E-state index in [9.17, 15) is 4.79 Å². The molecule has 96 valence electrons. The number of nitrogens with zero attached hydrogens (tertiary/aromatic N) is 1. The molecule has 1 fully saturated rings. The number of thiazole rings is 1. The average Bonchev–Trinajstić information content (AvgIpc) is 2.74. The summed E-state index contributed by atoms with van der Waals surface area (Å²) >= 11 is 6.62. The van der Waals surface area contributed by atoms with Crippen LogP contribution in [0.15, 0.2) is 0 Å². The van der Waals surface area contributed by atoms with Crippen molar-refractivity contribution in [1.29, 1.82) is 0 Å². The number of carbonyl (C=O) groups is 1. The molecule has 2 aliphatic carbocycles. The number of hydrogen-bond donors (Lipinski definition) is 2. The van der Waals surface area contributed by atoms with Crippen LogP contribution in [0.3, 0.4) is 0 Å². The molecule has 0 aromatic carbocycles. The number of hydrogen-bond acceptors (Lipinski definition) is 4. The summed E-state index contributed by atoms with van der Waals surface area (Å²) in [6, 6.07) is 0. The van der Waals surface area contributed by atoms with E-state index in [0.717, 1.165) is 37.8 Å². The first-order valence-electron chi connectivity index (χ1n) is 6.22. The quantitative estimate of drug-likeness (QED) is 0.832. The number of anilines is 1. The van der Waals surface area contributed by atoms with Gasteiger partial charge in [-0.3, -0.25) is 4.79 Å². The molecule has 1 amide bonds. The lowest BCUT2D eigenvalue weighted by atomic mass is 9.68. The summed E-state index contributed by atoms with van der Waals surface area (Å²) in [7, 11) is 0. The molecule has 3 N–H and O–H groups in total. The van der Waals surface area contributed by atoms with Crippen molar-refractivity contribution in [1.82, 2.24) is 4.98 Å². The monoisotopic (exact) mass is 281 g/mol. The molecule has 18 heavy (non-hydrogen) atoms. The molecule has 4 nitrogen and oxygen atoms in total. The number of aryl methyl sites for hydroxylation is 2. The van der Waals surface area contributed by atoms with Gasteiger partial charge in [0.15, 0.2) is 5.13 Å². The van der Waals surface area contributed by atoms with Gasteiger partial charge in [-0.1, -0.05) is 18.6 Å². The maximum atomic E-state index is 12.3. The van der Waals surface area contributed by atoms with Crippen molar-refractivity contribution in [3.05, 3.63) is 10.6 Å². The van der Waals surface area contributed by atoms with Gasteiger partial charge in [-0.25, -0.2) is 4.98 Å². The first-order chi connectivity index (χ1) is 8.62. The fourth-order valence-electron chi connectivity index (χ4n) is 2.58. The summed E-state index contributed by atoms with van der Waals surface area (Å²) in [6.45, 7) is 0. The van der Waals surface area contributed by atoms with E-state index in [4.69, 9.17) is 18.0 Å². The fourth-order valence-corrected chi connectivity index (χ4v) is 3.92. The Morgan fingerprint density at radius 3 is 2.72 bits per heavy atom. The SMILES string of the molecule is NC(=S)C1(C(=O)Nc2nc3c(s2)CCC3)CCC1. The Labute approximate surface area is 115 Å². The highest BCUT2D eigenvalue weighted by atomic mass is 32.1. The minimum Gasteiger partial charge on any atom is -0.392 e. The molecular formula is C12H15N3OS2. The van der Waals surface area contributed by atoms with Crippen molar-refractivity contribution >= 4 is 39.6 Å². The van der Waals surface area contributed by atoms with E-state index in [1.807, 2.05) is 0 Å². The summed E-state index contributed by atoms with van der Waals surface area (Å²) in [5.74, 6) is -0.0753. The Hall–Kier alpha value is -1.01. The van der Waals surface area contributed by atoms with E-state index in [2.05, 4.69) is 10.3 Å². The van der Waals surface area contributed by atoms with Gasteiger partial charge in [-0.2, -0.15) is 0 Å². The van der Waals surface area contributed by atoms with Crippen LogP contribution < -0.4 is 11.1 Å². The van der Waals surface area contributed by atoms with Gasteiger partial charge in [-0.15, -0.1) is 11.3 Å². The van der Waals surface area contributed by atoms with E-state index >= 15 is 0 Å². The number of rotatable bonds is 3. The normalized spacial score (nSPS) is 20.0. The molecule has 0 aliphatic heterocycles. The zero-order valence-electron chi connectivity index (χ0n) is 9.99. The van der Waals surface area contributed by atoms with Crippen LogP contribution in [0.25, 0.3) is 0 Å². The molecule has 2 aliphatic rings. The molecule has 1 aromatic rings. The van der Waals surface area contributed by atoms with E-state index in [0.29, 0.717) is 10.1 Å². The predicted molar refractivity (Wildman–Crippen MR) is 75.8 cm³/mol. The lowest BCUT2D eigenvalue weighted by molar-refractivity contribution is -0.125. The maximum Gasteiger partial charge on any atom is 0.239 e. The van der Waals surface area contributed by atoms with Crippen molar-refractivity contribution in [3.63, 3.8) is 0 Å². The van der Waals surface area contributed by atoms with E-state index in [1.165, 1.54) is 11.3 Å². The third-order valence-corrected chi connectivity index (χ3v) is 5.39. The van der Waals surface area contributed by atoms with Gasteiger partial charge in [0.1, 0.15) is 0 Å². The zero-order valence-corrected chi connectivity index (χ0v) is 11.6. The van der Waals surface area contributed by atoms with Crippen LogP contribution in [0, 0.1) is 5.41 Å². The Kier molecular flexibility index (Phi) is 2.86. The molecule has 0 radical (unpaired) electrons. The van der Waals surface area contributed by atoms with Crippen LogP contribution in [0.1, 0.15) is 36.3 Å². The van der Waals surface area contributed by atoms with Crippen LogP contribution in [-0.4, -0.2) is 15.9 Å². The molecular weight excluding hydrogens is 266 g/mol. The highest BCUT2D eigenvalue weighted by Crippen LogP contribution is 2.42. The average molecular weight is 281 g/mol. The Balaban J connectivity index is 1.75. The Bertz CT molecular complexity index is 498. The van der Waals surface area contributed by atoms with Crippen molar-refractivity contribution < 1.29 is 4.79 Å². The van der Waals surface area contributed by atoms with Crippen molar-refractivity contribution in [3.8, 4) is 0 Å². The molecule has 0 spiro atoms. The molecule has 0 atom stereocenters. The van der Waals surface area contributed by atoms with Crippen LogP contribution in [0.2, 0.25) is 0 Å². The minimum atomic E-state index is -0.620. The summed E-state index contributed by atoms with van der Waals surface area (Å²) < 4.78 is 0. The Morgan fingerprint density at radius 2 is 2.17 bits per heavy atom. The second-order valence-electron chi connectivity index (χ2n) is 5.00. The van der Waals surface area contributed by atoms with Crippen LogP contribution in [-0.2, 0) is 17.6 Å². The van der Waals surface area contributed by atoms with Crippen molar-refractivity contribution in [2.24, 2.45) is 11.1 Å². The van der Waals surface area contributed by atoms with Gasteiger partial charge in [-0.05, 0) is 32.1 Å². The van der Waals surface area contributed by atoms with Crippen LogP contribution in [0.4, 0.5) is 5.13 Å². The highest BCUT2D eigenvalue weighted by molar-refractivity contribution is 7.80. The van der Waals surface area contributed by atoms with Gasteiger partial charge in [0, 0.05) is 4.88 Å². The van der Waals surface area contributed by atoms with Gasteiger partial charge < -0.3 is 11.1 Å². The lowest BCUT2D eigenvalue weighted by Gasteiger charge is -2.38. The lowest BCUT2D eigenvalue weighted by Crippen LogP contribution is -2.50. The topological polar surface area (TPSA) is 68.0 Å². The van der Waals surface area contributed by atoms with Gasteiger partial charge in [0.25, 0.3) is 0 Å². The summed E-state index contributed by atoms with van der Waals surface area (Å²) in [6.07, 6.45) is 5.84. The fraction of sp³-hybridized carbons (Fsp3) is 0.583. The molecule has 0 unspecified atom stereocenters. The van der Waals surface area contributed by atoms with E-state index < -0.39 is 5.41 Å². The number of carbonyl (C=O) groups excluding carboxylic acids is 1. The molecule has 0 bridgehead atoms. The number of nitrogens with two attached hydrogens (primary N) is 1. The third-order valence-electron chi connectivity index (χ3n) is 3.93. The van der Waals surface area contributed by atoms with Gasteiger partial charge in [0.2, 0.25) is 5.91 Å². The summed E-state index contributed by atoms with van der Waals surface area (Å²) in [4.78, 5) is 18.4. The minimum absolute atomic E-state index is 0.0753. The first-order valence-corrected chi connectivity index (χ1v) is 7.44. The smallest absolute Gasteiger partial charge is 0.239 e. The number of thiocarbonyl (C=S) groups is 1. The van der Waals surface area contributed by atoms with Gasteiger partial charge in [0.05, 0.1) is 16.1 Å². The number of nitrogens with one attached hydrogen (secondary N) is 1. The zero-order chi connectivity index (χ0) is 12.8. The molecule has 1 aromatic heterocycles. The summed E-state index contributed by atoms with van der Waals surface area (Å²) in [5, 5.41) is 3.60. The molecule has 0 saturated heterocycles. The summed E-state index contributed by atoms with van der Waals surface area (Å²) in [5.41, 5.74) is 6.24. The second-order valence-corrected chi connectivity index (χ2v) is 6.52. The molecule has 1 heterocycles. The standard InChI is InChI=1S/C12H15N3OS2/c13-9(17)12(5-2-6-12)10(16)15-11-14-7-3-1-4-8(7)18-11/h1-6H2,(H2,13,17)(H,14,15,16). The van der Waals surface area contributed by atoms with E-state index in [1.54, 1.807) is 11.3 Å². The van der Waals surface area contributed by atoms with E-state index in [-0.39, 0.29) is 5.91 Å². The maximum absolute atomic E-state index is 12.3. The van der Waals surface area contributed by atoms with Gasteiger partial charge >= 0.3 is 0 Å². The Morgan fingerprint density at radius 1 is 1.39 bits per heavy atom. The predicted octanol–water partition coefficient (Wildman–Crippen LogP) is 2.03. The first kappa shape index (κ1) is 12.0. The second kappa shape index (κ2) is 4.28. The number of fused-ring (bicyclic) bond motifs is 1. The number of aromatic nitrogens is 1. The van der Waals surface area contributed by atoms with Crippen molar-refractivity contribution in [2.75, 3.05) is 5.32 Å².